The molecule has 7 heteroatoms. The Morgan fingerprint density at radius 3 is 2.72 bits per heavy atom. The molecular formula is C11H16N4O3. The molecule has 4 N–H and O–H groups in total. The number of nitrogens with one attached hydrogen (secondary N) is 2. The number of hydrazine groups is 1. The molecule has 1 atom stereocenters. The van der Waals surface area contributed by atoms with E-state index in [1.54, 1.807) is 0 Å². The minimum atomic E-state index is -0.564. The van der Waals surface area contributed by atoms with E-state index in [0.717, 1.165) is 6.42 Å². The van der Waals surface area contributed by atoms with Crippen molar-refractivity contribution in [2.75, 3.05) is 5.43 Å². The van der Waals surface area contributed by atoms with Crippen LogP contribution in [0.2, 0.25) is 0 Å². The van der Waals surface area contributed by atoms with Crippen molar-refractivity contribution in [1.82, 2.24) is 5.32 Å². The third-order valence-corrected chi connectivity index (χ3v) is 2.60. The Hall–Kier alpha value is -2.15. The first-order valence-electron chi connectivity index (χ1n) is 5.55. The lowest BCUT2D eigenvalue weighted by atomic mass is 10.1. The maximum Gasteiger partial charge on any atom is 0.293 e. The number of nitrogen functional groups attached to an aromatic ring is 1. The molecule has 0 saturated heterocycles. The molecule has 0 aromatic heterocycles. The summed E-state index contributed by atoms with van der Waals surface area (Å²) in [5.74, 6) is 4.92. The number of hydrogen-bond donors (Lipinski definition) is 3. The molecule has 7 nitrogen and oxygen atoms in total. The van der Waals surface area contributed by atoms with Gasteiger partial charge in [0, 0.05) is 17.7 Å². The molecule has 0 aliphatic heterocycles. The summed E-state index contributed by atoms with van der Waals surface area (Å²) in [5.41, 5.74) is 2.48. The Labute approximate surface area is 104 Å². The van der Waals surface area contributed by atoms with Crippen LogP contribution < -0.4 is 16.6 Å². The van der Waals surface area contributed by atoms with E-state index < -0.39 is 4.92 Å². The van der Waals surface area contributed by atoms with Crippen LogP contribution in [-0.2, 0) is 0 Å². The van der Waals surface area contributed by atoms with Crippen LogP contribution in [-0.4, -0.2) is 16.9 Å². The molecule has 1 aromatic carbocycles. The van der Waals surface area contributed by atoms with Crippen molar-refractivity contribution in [3.8, 4) is 0 Å². The number of benzene rings is 1. The van der Waals surface area contributed by atoms with Gasteiger partial charge in [-0.15, -0.1) is 0 Å². The first kappa shape index (κ1) is 13.9. The molecule has 0 heterocycles. The highest BCUT2D eigenvalue weighted by Gasteiger charge is 2.16. The number of anilines is 1. The third-order valence-electron chi connectivity index (χ3n) is 2.60. The highest BCUT2D eigenvalue weighted by atomic mass is 16.6. The molecule has 98 valence electrons. The fourth-order valence-corrected chi connectivity index (χ4v) is 1.36. The predicted molar refractivity (Wildman–Crippen MR) is 68.1 cm³/mol. The Morgan fingerprint density at radius 2 is 2.22 bits per heavy atom. The summed E-state index contributed by atoms with van der Waals surface area (Å²) in [5, 5.41) is 13.5. The zero-order valence-electron chi connectivity index (χ0n) is 10.3. The molecule has 1 unspecified atom stereocenters. The van der Waals surface area contributed by atoms with E-state index in [1.807, 2.05) is 13.8 Å². The van der Waals surface area contributed by atoms with Gasteiger partial charge in [0.15, 0.2) is 0 Å². The van der Waals surface area contributed by atoms with Gasteiger partial charge in [-0.05, 0) is 25.5 Å². The fourth-order valence-electron chi connectivity index (χ4n) is 1.36. The van der Waals surface area contributed by atoms with Gasteiger partial charge in [0.1, 0.15) is 5.69 Å². The van der Waals surface area contributed by atoms with Crippen LogP contribution in [0.3, 0.4) is 0 Å². The van der Waals surface area contributed by atoms with Crippen molar-refractivity contribution >= 4 is 17.3 Å². The van der Waals surface area contributed by atoms with Crippen LogP contribution in [0.25, 0.3) is 0 Å². The van der Waals surface area contributed by atoms with Gasteiger partial charge < -0.3 is 10.7 Å². The van der Waals surface area contributed by atoms with Crippen LogP contribution in [0, 0.1) is 10.1 Å². The predicted octanol–water partition coefficient (Wildman–Crippen LogP) is 1.41. The lowest BCUT2D eigenvalue weighted by molar-refractivity contribution is -0.384. The average Bonchev–Trinajstić information content (AvgIpc) is 2.37. The molecular weight excluding hydrogens is 236 g/mol. The van der Waals surface area contributed by atoms with E-state index in [2.05, 4.69) is 10.7 Å². The van der Waals surface area contributed by atoms with Gasteiger partial charge in [0.05, 0.1) is 4.92 Å². The van der Waals surface area contributed by atoms with Gasteiger partial charge >= 0.3 is 0 Å². The Kier molecular flexibility index (Phi) is 4.61. The lowest BCUT2D eigenvalue weighted by Gasteiger charge is -2.12. The van der Waals surface area contributed by atoms with Crippen LogP contribution >= 0.6 is 0 Å². The second kappa shape index (κ2) is 5.97. The summed E-state index contributed by atoms with van der Waals surface area (Å²) in [7, 11) is 0. The maximum absolute atomic E-state index is 11.8. The third kappa shape index (κ3) is 3.17. The van der Waals surface area contributed by atoms with E-state index in [1.165, 1.54) is 18.2 Å². The number of carbonyl (C=O) groups is 1. The summed E-state index contributed by atoms with van der Waals surface area (Å²) < 4.78 is 0. The van der Waals surface area contributed by atoms with E-state index in [9.17, 15) is 14.9 Å². The fraction of sp³-hybridized carbons (Fsp3) is 0.364. The zero-order chi connectivity index (χ0) is 13.7. The molecule has 1 aromatic rings. The number of carbonyl (C=O) groups excluding carboxylic acids is 1. The topological polar surface area (TPSA) is 110 Å². The standard InChI is InChI=1S/C11H16N4O3/c1-3-7(2)13-11(16)8-4-5-10(15(17)18)9(6-8)14-12/h4-7,14H,3,12H2,1-2H3,(H,13,16). The van der Waals surface area contributed by atoms with Gasteiger partial charge in [-0.3, -0.25) is 20.8 Å². The molecule has 0 radical (unpaired) electrons. The summed E-state index contributed by atoms with van der Waals surface area (Å²) >= 11 is 0. The largest absolute Gasteiger partial charge is 0.350 e. The highest BCUT2D eigenvalue weighted by Crippen LogP contribution is 2.24. The molecule has 0 spiro atoms. The maximum atomic E-state index is 11.8. The van der Waals surface area contributed by atoms with Crippen molar-refractivity contribution < 1.29 is 9.72 Å². The number of nitro groups is 1. The van der Waals surface area contributed by atoms with E-state index in [4.69, 9.17) is 5.84 Å². The van der Waals surface area contributed by atoms with Gasteiger partial charge in [-0.25, -0.2) is 0 Å². The average molecular weight is 252 g/mol. The summed E-state index contributed by atoms with van der Waals surface area (Å²) in [6.07, 6.45) is 0.806. The number of nitrogens with zero attached hydrogens (tertiary/aromatic N) is 1. The number of nitrogens with two attached hydrogens (primary N) is 1. The van der Waals surface area contributed by atoms with E-state index in [-0.39, 0.29) is 23.3 Å². The molecule has 1 amide bonds. The molecule has 18 heavy (non-hydrogen) atoms. The number of hydrogen-bond acceptors (Lipinski definition) is 5. The van der Waals surface area contributed by atoms with E-state index in [0.29, 0.717) is 5.56 Å². The SMILES string of the molecule is CCC(C)NC(=O)c1ccc([N+](=O)[O-])c(NN)c1. The Balaban J connectivity index is 2.98. The first-order chi connectivity index (χ1) is 8.49. The summed E-state index contributed by atoms with van der Waals surface area (Å²) in [4.78, 5) is 21.9. The zero-order valence-corrected chi connectivity index (χ0v) is 10.3. The van der Waals surface area contributed by atoms with Crippen LogP contribution in [0.1, 0.15) is 30.6 Å². The van der Waals surface area contributed by atoms with Gasteiger partial charge in [0.2, 0.25) is 0 Å². The normalized spacial score (nSPS) is 11.7. The van der Waals surface area contributed by atoms with Crippen molar-refractivity contribution in [1.29, 1.82) is 0 Å². The molecule has 0 aliphatic rings. The second-order valence-corrected chi connectivity index (χ2v) is 3.92. The molecule has 0 fully saturated rings. The number of rotatable bonds is 5. The van der Waals surface area contributed by atoms with Gasteiger partial charge in [0.25, 0.3) is 11.6 Å². The van der Waals surface area contributed by atoms with Crippen molar-refractivity contribution in [3.05, 3.63) is 33.9 Å². The monoisotopic (exact) mass is 252 g/mol. The second-order valence-electron chi connectivity index (χ2n) is 3.92. The first-order valence-corrected chi connectivity index (χ1v) is 5.55. The van der Waals surface area contributed by atoms with Crippen molar-refractivity contribution in [2.45, 2.75) is 26.3 Å². The van der Waals surface area contributed by atoms with Gasteiger partial charge in [-0.2, -0.15) is 0 Å². The highest BCUT2D eigenvalue weighted by molar-refractivity contribution is 5.96. The summed E-state index contributed by atoms with van der Waals surface area (Å²) in [6, 6.07) is 4.05. The number of nitro benzene ring substituents is 1. The Morgan fingerprint density at radius 1 is 1.56 bits per heavy atom. The quantitative estimate of drug-likeness (QED) is 0.417. The molecule has 0 bridgehead atoms. The van der Waals surface area contributed by atoms with Crippen molar-refractivity contribution in [3.63, 3.8) is 0 Å². The van der Waals surface area contributed by atoms with Crippen molar-refractivity contribution in [2.24, 2.45) is 5.84 Å². The number of amides is 1. The minimum Gasteiger partial charge on any atom is -0.350 e. The Bertz CT molecular complexity index is 462. The minimum absolute atomic E-state index is 0.0435. The van der Waals surface area contributed by atoms with Crippen LogP contribution in [0.4, 0.5) is 11.4 Å². The van der Waals surface area contributed by atoms with Crippen LogP contribution in [0.15, 0.2) is 18.2 Å². The van der Waals surface area contributed by atoms with Crippen LogP contribution in [0.5, 0.6) is 0 Å². The smallest absolute Gasteiger partial charge is 0.293 e. The van der Waals surface area contributed by atoms with E-state index >= 15 is 0 Å². The molecule has 1 rings (SSSR count). The lowest BCUT2D eigenvalue weighted by Crippen LogP contribution is -2.32. The summed E-state index contributed by atoms with van der Waals surface area (Å²) in [6.45, 7) is 3.83. The van der Waals surface area contributed by atoms with Gasteiger partial charge in [-0.1, -0.05) is 6.92 Å². The molecule has 0 saturated carbocycles. The molecule has 0 aliphatic carbocycles.